The Labute approximate surface area is 102 Å². The molecule has 0 spiro atoms. The second-order valence-corrected chi connectivity index (χ2v) is 6.31. The van der Waals surface area contributed by atoms with E-state index in [2.05, 4.69) is 19.1 Å². The Balaban J connectivity index is 2.54. The van der Waals surface area contributed by atoms with Crippen LogP contribution in [0.1, 0.15) is 38.7 Å². The van der Waals surface area contributed by atoms with E-state index in [4.69, 9.17) is 0 Å². The van der Waals surface area contributed by atoms with E-state index in [0.717, 1.165) is 17.7 Å². The third-order valence-electron chi connectivity index (χ3n) is 2.55. The van der Waals surface area contributed by atoms with Gasteiger partial charge < -0.3 is 4.55 Å². The van der Waals surface area contributed by atoms with E-state index >= 15 is 0 Å². The largest absolute Gasteiger partial charge is 0.611 e. The number of hydrogen-bond donors (Lipinski definition) is 0. The molecule has 0 fully saturated rings. The molecule has 1 unspecified atom stereocenters. The Morgan fingerprint density at radius 3 is 2.31 bits per heavy atom. The third-order valence-corrected chi connectivity index (χ3v) is 4.14. The average molecular weight is 237 g/mol. The van der Waals surface area contributed by atoms with Crippen LogP contribution in [0.25, 0.3) is 0 Å². The maximum Gasteiger partial charge on any atom is 0.152 e. The van der Waals surface area contributed by atoms with Gasteiger partial charge in [-0.1, -0.05) is 31.9 Å². The molecular weight excluding hydrogens is 216 g/mol. The van der Waals surface area contributed by atoms with Crippen LogP contribution in [-0.4, -0.2) is 9.80 Å². The van der Waals surface area contributed by atoms with Gasteiger partial charge in [0.25, 0.3) is 0 Å². The number of rotatable bonds is 6. The van der Waals surface area contributed by atoms with Crippen molar-refractivity contribution in [3.8, 4) is 0 Å². The molecule has 0 aliphatic heterocycles. The van der Waals surface area contributed by atoms with E-state index in [9.17, 15) is 4.55 Å². The predicted octanol–water partition coefficient (Wildman–Crippen LogP) is 3.75. The van der Waals surface area contributed by atoms with E-state index < -0.39 is 11.2 Å². The molecule has 1 rings (SSSR count). The summed E-state index contributed by atoms with van der Waals surface area (Å²) in [6, 6.07) is 8.18. The topological polar surface area (TPSA) is 23.1 Å². The first-order valence-corrected chi connectivity index (χ1v) is 7.15. The zero-order chi connectivity index (χ0) is 12.0. The standard InChI is InChI=1S/C14H21OS/c1-4-5-6-7-13-8-10-14(11-9-13)16(15)12(2)3/h8-12H,1,4-7H2,2-3H3. The highest BCUT2D eigenvalue weighted by Crippen LogP contribution is 2.17. The molecule has 0 heterocycles. The Hall–Kier alpha value is -0.470. The van der Waals surface area contributed by atoms with Crippen LogP contribution >= 0.6 is 0 Å². The predicted molar refractivity (Wildman–Crippen MR) is 70.9 cm³/mol. The highest BCUT2D eigenvalue weighted by Gasteiger charge is 2.14. The molecule has 0 saturated carbocycles. The van der Waals surface area contributed by atoms with Gasteiger partial charge in [-0.25, -0.2) is 0 Å². The molecule has 1 nitrogen and oxygen atoms in total. The number of hydrogen-bond acceptors (Lipinski definition) is 1. The van der Waals surface area contributed by atoms with Gasteiger partial charge in [0.2, 0.25) is 0 Å². The molecule has 0 bridgehead atoms. The lowest BCUT2D eigenvalue weighted by Crippen LogP contribution is -2.13. The number of aryl methyl sites for hydroxylation is 1. The highest BCUT2D eigenvalue weighted by molar-refractivity contribution is 7.92. The number of unbranched alkanes of at least 4 members (excludes halogenated alkanes) is 2. The summed E-state index contributed by atoms with van der Waals surface area (Å²) in [5.74, 6) is 0. The van der Waals surface area contributed by atoms with Gasteiger partial charge in [-0.2, -0.15) is 0 Å². The van der Waals surface area contributed by atoms with E-state index in [1.807, 2.05) is 26.0 Å². The normalized spacial score (nSPS) is 13.1. The van der Waals surface area contributed by atoms with Crippen LogP contribution in [-0.2, 0) is 17.6 Å². The van der Waals surface area contributed by atoms with Crippen molar-refractivity contribution in [1.82, 2.24) is 0 Å². The van der Waals surface area contributed by atoms with Crippen LogP contribution < -0.4 is 0 Å². The summed E-state index contributed by atoms with van der Waals surface area (Å²) in [7, 11) is 0. The van der Waals surface area contributed by atoms with Crippen molar-refractivity contribution in [3.05, 3.63) is 36.8 Å². The SMILES string of the molecule is [CH2]CCCCc1ccc([S+]([O-])C(C)C)cc1. The van der Waals surface area contributed by atoms with Crippen LogP contribution in [0.2, 0.25) is 0 Å². The molecule has 0 amide bonds. The molecule has 0 aromatic heterocycles. The van der Waals surface area contributed by atoms with Gasteiger partial charge >= 0.3 is 0 Å². The van der Waals surface area contributed by atoms with Gasteiger partial charge in [0, 0.05) is 0 Å². The monoisotopic (exact) mass is 237 g/mol. The van der Waals surface area contributed by atoms with Crippen molar-refractivity contribution in [2.24, 2.45) is 0 Å². The van der Waals surface area contributed by atoms with Gasteiger partial charge in [0.05, 0.1) is 0 Å². The molecule has 0 aliphatic rings. The quantitative estimate of drug-likeness (QED) is 0.546. The molecule has 2 heteroatoms. The molecule has 1 aromatic carbocycles. The fourth-order valence-corrected chi connectivity index (χ4v) is 2.52. The smallest absolute Gasteiger partial charge is 0.152 e. The average Bonchev–Trinajstić information content (AvgIpc) is 2.29. The first-order valence-electron chi connectivity index (χ1n) is 5.94. The lowest BCUT2D eigenvalue weighted by Gasteiger charge is -2.14. The van der Waals surface area contributed by atoms with Gasteiger partial charge in [-0.3, -0.25) is 0 Å². The lowest BCUT2D eigenvalue weighted by atomic mass is 10.1. The number of benzene rings is 1. The van der Waals surface area contributed by atoms with Gasteiger partial charge in [-0.15, -0.1) is 0 Å². The van der Waals surface area contributed by atoms with Crippen LogP contribution in [0.15, 0.2) is 29.2 Å². The molecule has 16 heavy (non-hydrogen) atoms. The summed E-state index contributed by atoms with van der Waals surface area (Å²) >= 11 is -0.861. The summed E-state index contributed by atoms with van der Waals surface area (Å²) in [5.41, 5.74) is 1.33. The maximum absolute atomic E-state index is 11.8. The summed E-state index contributed by atoms with van der Waals surface area (Å²) in [6.07, 6.45) is 4.48. The highest BCUT2D eigenvalue weighted by atomic mass is 32.2. The van der Waals surface area contributed by atoms with Gasteiger partial charge in [0.15, 0.2) is 4.90 Å². The van der Waals surface area contributed by atoms with E-state index in [1.54, 1.807) is 0 Å². The minimum atomic E-state index is -0.861. The van der Waals surface area contributed by atoms with Crippen LogP contribution in [0.5, 0.6) is 0 Å². The van der Waals surface area contributed by atoms with Crippen molar-refractivity contribution in [1.29, 1.82) is 0 Å². The van der Waals surface area contributed by atoms with E-state index in [0.29, 0.717) is 0 Å². The van der Waals surface area contributed by atoms with E-state index in [-0.39, 0.29) is 5.25 Å². The van der Waals surface area contributed by atoms with Crippen molar-refractivity contribution < 1.29 is 4.55 Å². The van der Waals surface area contributed by atoms with Crippen molar-refractivity contribution >= 4 is 11.2 Å². The second kappa shape index (κ2) is 6.97. The summed E-state index contributed by atoms with van der Waals surface area (Å²) in [5, 5.41) is 0.192. The summed E-state index contributed by atoms with van der Waals surface area (Å²) < 4.78 is 11.8. The molecule has 1 atom stereocenters. The fraction of sp³-hybridized carbons (Fsp3) is 0.500. The first-order chi connectivity index (χ1) is 7.65. The first kappa shape index (κ1) is 13.6. The van der Waals surface area contributed by atoms with Crippen molar-refractivity contribution in [2.75, 3.05) is 0 Å². The van der Waals surface area contributed by atoms with Crippen LogP contribution in [0.4, 0.5) is 0 Å². The summed E-state index contributed by atoms with van der Waals surface area (Å²) in [4.78, 5) is 0.941. The van der Waals surface area contributed by atoms with Gasteiger partial charge in [0.1, 0.15) is 5.25 Å². The van der Waals surface area contributed by atoms with Crippen LogP contribution in [0, 0.1) is 6.92 Å². The third kappa shape index (κ3) is 4.18. The Bertz CT molecular complexity index is 292. The molecule has 0 N–H and O–H groups in total. The molecule has 0 saturated heterocycles. The Morgan fingerprint density at radius 2 is 1.81 bits per heavy atom. The fourth-order valence-electron chi connectivity index (χ4n) is 1.57. The molecule has 1 aromatic rings. The summed E-state index contributed by atoms with van der Waals surface area (Å²) in [6.45, 7) is 7.80. The lowest BCUT2D eigenvalue weighted by molar-refractivity contribution is 0.586. The zero-order valence-electron chi connectivity index (χ0n) is 10.2. The van der Waals surface area contributed by atoms with Crippen molar-refractivity contribution in [2.45, 2.75) is 49.7 Å². The zero-order valence-corrected chi connectivity index (χ0v) is 11.1. The Morgan fingerprint density at radius 1 is 1.19 bits per heavy atom. The molecule has 1 radical (unpaired) electrons. The molecule has 0 aliphatic carbocycles. The molecular formula is C14H21OS. The van der Waals surface area contributed by atoms with Crippen molar-refractivity contribution in [3.63, 3.8) is 0 Å². The van der Waals surface area contributed by atoms with E-state index in [1.165, 1.54) is 18.4 Å². The maximum atomic E-state index is 11.8. The van der Waals surface area contributed by atoms with Crippen LogP contribution in [0.3, 0.4) is 0 Å². The van der Waals surface area contributed by atoms with Gasteiger partial charge in [-0.05, 0) is 55.6 Å². The molecule has 89 valence electrons. The second-order valence-electron chi connectivity index (χ2n) is 4.30. The Kier molecular flexibility index (Phi) is 5.93. The minimum Gasteiger partial charge on any atom is -0.611 e. The minimum absolute atomic E-state index is 0.192.